The van der Waals surface area contributed by atoms with Gasteiger partial charge in [0, 0.05) is 14.1 Å². The first kappa shape index (κ1) is 11.0. The van der Waals surface area contributed by atoms with E-state index in [1.165, 1.54) is 4.90 Å². The molecule has 0 aliphatic carbocycles. The van der Waals surface area contributed by atoms with Crippen LogP contribution in [0.5, 0.6) is 0 Å². The highest BCUT2D eigenvalue weighted by Crippen LogP contribution is 2.08. The predicted octanol–water partition coefficient (Wildman–Crippen LogP) is -0.246. The minimum Gasteiger partial charge on any atom is -0.371 e. The van der Waals surface area contributed by atoms with Gasteiger partial charge in [0.05, 0.1) is 6.07 Å². The second kappa shape index (κ2) is 4.41. The molecule has 2 amide bonds. The number of amides is 2. The zero-order valence-corrected chi connectivity index (χ0v) is 8.43. The molecule has 0 N–H and O–H groups in total. The van der Waals surface area contributed by atoms with Gasteiger partial charge in [0.2, 0.25) is 11.6 Å². The Morgan fingerprint density at radius 1 is 1.67 bits per heavy atom. The van der Waals surface area contributed by atoms with Gasteiger partial charge in [0.15, 0.2) is 6.73 Å². The van der Waals surface area contributed by atoms with Gasteiger partial charge < -0.3 is 9.74 Å². The maximum Gasteiger partial charge on any atom is 0.328 e. The van der Waals surface area contributed by atoms with Crippen molar-refractivity contribution in [2.24, 2.45) is 5.16 Å². The number of urea groups is 1. The standard InChI is InChI=1S/C8H10N4O3/c1-11(2)8(14)12-5-15-10-7(12)6(13)3-4-9/h3,5H2,1-2H3. The maximum atomic E-state index is 11.5. The Kier molecular flexibility index (Phi) is 3.23. The second-order valence-corrected chi connectivity index (χ2v) is 3.04. The zero-order valence-electron chi connectivity index (χ0n) is 8.43. The predicted molar refractivity (Wildman–Crippen MR) is 49.5 cm³/mol. The fraction of sp³-hybridized carbons (Fsp3) is 0.500. The highest BCUT2D eigenvalue weighted by molar-refractivity contribution is 6.41. The molecule has 1 heterocycles. The largest absolute Gasteiger partial charge is 0.371 e. The van der Waals surface area contributed by atoms with Crippen LogP contribution in [0.4, 0.5) is 4.79 Å². The third-order valence-corrected chi connectivity index (χ3v) is 1.70. The van der Waals surface area contributed by atoms with E-state index in [1.54, 1.807) is 20.2 Å². The Hall–Kier alpha value is -2.10. The van der Waals surface area contributed by atoms with E-state index in [4.69, 9.17) is 5.26 Å². The van der Waals surface area contributed by atoms with Crippen LogP contribution in [0.1, 0.15) is 6.42 Å². The second-order valence-electron chi connectivity index (χ2n) is 3.04. The number of nitrogens with zero attached hydrogens (tertiary/aromatic N) is 4. The highest BCUT2D eigenvalue weighted by Gasteiger charge is 2.31. The highest BCUT2D eigenvalue weighted by atomic mass is 16.7. The van der Waals surface area contributed by atoms with Crippen molar-refractivity contribution >= 4 is 17.6 Å². The molecule has 0 fully saturated rings. The molecule has 0 aromatic heterocycles. The summed E-state index contributed by atoms with van der Waals surface area (Å²) in [5, 5.41) is 11.8. The molecule has 0 unspecified atom stereocenters. The average molecular weight is 210 g/mol. The lowest BCUT2D eigenvalue weighted by molar-refractivity contribution is -0.112. The number of carbonyl (C=O) groups is 2. The van der Waals surface area contributed by atoms with Crippen molar-refractivity contribution in [3.05, 3.63) is 0 Å². The zero-order chi connectivity index (χ0) is 11.4. The van der Waals surface area contributed by atoms with Gasteiger partial charge in [0.25, 0.3) is 0 Å². The Bertz CT molecular complexity index is 355. The topological polar surface area (TPSA) is 86.0 Å². The summed E-state index contributed by atoms with van der Waals surface area (Å²) in [6, 6.07) is 1.29. The quantitative estimate of drug-likeness (QED) is 0.629. The molecule has 1 rings (SSSR count). The summed E-state index contributed by atoms with van der Waals surface area (Å²) in [5.41, 5.74) is 0. The molecule has 0 bridgehead atoms. The smallest absolute Gasteiger partial charge is 0.328 e. The number of Topliss-reactive ketones (excluding diaryl/α,β-unsaturated/α-hetero) is 1. The molecule has 0 aromatic rings. The van der Waals surface area contributed by atoms with E-state index in [0.29, 0.717) is 0 Å². The molecule has 15 heavy (non-hydrogen) atoms. The summed E-state index contributed by atoms with van der Waals surface area (Å²) >= 11 is 0. The number of rotatable bonds is 2. The van der Waals surface area contributed by atoms with E-state index >= 15 is 0 Å². The maximum absolute atomic E-state index is 11.5. The number of oxime groups is 1. The van der Waals surface area contributed by atoms with Crippen molar-refractivity contribution in [3.63, 3.8) is 0 Å². The van der Waals surface area contributed by atoms with E-state index in [1.807, 2.05) is 0 Å². The van der Waals surface area contributed by atoms with Gasteiger partial charge in [0.1, 0.15) is 6.42 Å². The molecule has 0 spiro atoms. The first-order valence-corrected chi connectivity index (χ1v) is 4.17. The average Bonchev–Trinajstić information content (AvgIpc) is 2.65. The Labute approximate surface area is 86.5 Å². The van der Waals surface area contributed by atoms with Crippen LogP contribution in [0, 0.1) is 11.3 Å². The van der Waals surface area contributed by atoms with E-state index < -0.39 is 11.8 Å². The molecule has 0 saturated carbocycles. The van der Waals surface area contributed by atoms with Gasteiger partial charge in [-0.25, -0.2) is 9.69 Å². The van der Waals surface area contributed by atoms with Crippen LogP contribution in [0.25, 0.3) is 0 Å². The van der Waals surface area contributed by atoms with E-state index in [0.717, 1.165) is 4.90 Å². The normalized spacial score (nSPS) is 13.9. The minimum absolute atomic E-state index is 0.0937. The molecule has 0 aromatic carbocycles. The third kappa shape index (κ3) is 2.22. The number of hydrogen-bond donors (Lipinski definition) is 0. The lowest BCUT2D eigenvalue weighted by atomic mass is 10.2. The van der Waals surface area contributed by atoms with Crippen molar-refractivity contribution in [3.8, 4) is 6.07 Å². The molecule has 1 aliphatic heterocycles. The summed E-state index contributed by atoms with van der Waals surface area (Å²) in [4.78, 5) is 29.9. The number of ketones is 1. The summed E-state index contributed by atoms with van der Waals surface area (Å²) in [6.45, 7) is -0.0937. The minimum atomic E-state index is -0.523. The molecule has 0 radical (unpaired) electrons. The summed E-state index contributed by atoms with van der Waals surface area (Å²) in [5.74, 6) is -0.638. The van der Waals surface area contributed by atoms with Crippen LogP contribution in [0.15, 0.2) is 5.16 Å². The first-order chi connectivity index (χ1) is 7.07. The van der Waals surface area contributed by atoms with Crippen molar-refractivity contribution in [1.82, 2.24) is 9.80 Å². The third-order valence-electron chi connectivity index (χ3n) is 1.70. The number of hydrogen-bond acceptors (Lipinski definition) is 5. The van der Waals surface area contributed by atoms with Crippen LogP contribution < -0.4 is 0 Å². The van der Waals surface area contributed by atoms with Gasteiger partial charge >= 0.3 is 6.03 Å². The molecule has 0 saturated heterocycles. The SMILES string of the molecule is CN(C)C(=O)N1CON=C1C(=O)CC#N. The molecule has 80 valence electrons. The van der Waals surface area contributed by atoms with Gasteiger partial charge in [-0.1, -0.05) is 5.16 Å². The van der Waals surface area contributed by atoms with Crippen molar-refractivity contribution in [2.45, 2.75) is 6.42 Å². The number of carbonyl (C=O) groups excluding carboxylic acids is 2. The van der Waals surface area contributed by atoms with Gasteiger partial charge in [-0.15, -0.1) is 0 Å². The van der Waals surface area contributed by atoms with Crippen LogP contribution in [-0.2, 0) is 9.63 Å². The lowest BCUT2D eigenvalue weighted by Crippen LogP contribution is -2.44. The fourth-order valence-electron chi connectivity index (χ4n) is 0.998. The van der Waals surface area contributed by atoms with E-state index in [9.17, 15) is 9.59 Å². The van der Waals surface area contributed by atoms with Crippen LogP contribution in [0.3, 0.4) is 0 Å². The Morgan fingerprint density at radius 2 is 2.33 bits per heavy atom. The van der Waals surface area contributed by atoms with Crippen LogP contribution >= 0.6 is 0 Å². The molecule has 0 atom stereocenters. The van der Waals surface area contributed by atoms with Gasteiger partial charge in [-0.05, 0) is 0 Å². The van der Waals surface area contributed by atoms with Gasteiger partial charge in [-0.2, -0.15) is 5.26 Å². The van der Waals surface area contributed by atoms with Crippen molar-refractivity contribution < 1.29 is 14.4 Å². The summed E-state index contributed by atoms with van der Waals surface area (Å²) in [6.07, 6.45) is -0.320. The van der Waals surface area contributed by atoms with Gasteiger partial charge in [-0.3, -0.25) is 4.79 Å². The van der Waals surface area contributed by atoms with Crippen molar-refractivity contribution in [2.75, 3.05) is 20.8 Å². The fourth-order valence-corrected chi connectivity index (χ4v) is 0.998. The van der Waals surface area contributed by atoms with Crippen molar-refractivity contribution in [1.29, 1.82) is 5.26 Å². The summed E-state index contributed by atoms with van der Waals surface area (Å²) < 4.78 is 0. The lowest BCUT2D eigenvalue weighted by Gasteiger charge is -2.18. The van der Waals surface area contributed by atoms with Crippen LogP contribution in [0.2, 0.25) is 0 Å². The molecular weight excluding hydrogens is 200 g/mol. The number of nitriles is 1. The molecule has 1 aliphatic rings. The Balaban J connectivity index is 2.78. The van der Waals surface area contributed by atoms with E-state index in [-0.39, 0.29) is 19.0 Å². The summed E-state index contributed by atoms with van der Waals surface area (Å²) in [7, 11) is 3.10. The molecule has 7 nitrogen and oxygen atoms in total. The first-order valence-electron chi connectivity index (χ1n) is 4.17. The Morgan fingerprint density at radius 3 is 2.87 bits per heavy atom. The molecular formula is C8H10N4O3. The number of amidine groups is 1. The van der Waals surface area contributed by atoms with E-state index in [2.05, 4.69) is 9.99 Å². The van der Waals surface area contributed by atoms with Crippen LogP contribution in [-0.4, -0.2) is 48.3 Å². The molecule has 7 heteroatoms. The monoisotopic (exact) mass is 210 g/mol.